The third-order valence-electron chi connectivity index (χ3n) is 3.04. The molecule has 0 unspecified atom stereocenters. The standard InChI is InChI=1S/C16H16FNO2/c1-11-3-6-13(9-15(11)20-2)16(19)18-10-12-4-7-14(17)8-5-12/h3-9H,10H2,1-2H3,(H,18,19). The maximum absolute atomic E-state index is 12.8. The van der Waals surface area contributed by atoms with Gasteiger partial charge < -0.3 is 10.1 Å². The Kier molecular flexibility index (Phi) is 4.35. The number of carbonyl (C=O) groups excluding carboxylic acids is 1. The Hall–Kier alpha value is -2.36. The Morgan fingerprint density at radius 3 is 2.55 bits per heavy atom. The summed E-state index contributed by atoms with van der Waals surface area (Å²) in [4.78, 5) is 12.0. The van der Waals surface area contributed by atoms with E-state index in [0.29, 0.717) is 17.9 Å². The number of aryl methyl sites for hydroxylation is 1. The van der Waals surface area contributed by atoms with Gasteiger partial charge in [0.05, 0.1) is 7.11 Å². The summed E-state index contributed by atoms with van der Waals surface area (Å²) in [6.45, 7) is 2.27. The third kappa shape index (κ3) is 3.35. The van der Waals surface area contributed by atoms with Gasteiger partial charge in [-0.25, -0.2) is 4.39 Å². The third-order valence-corrected chi connectivity index (χ3v) is 3.04. The highest BCUT2D eigenvalue weighted by atomic mass is 19.1. The Morgan fingerprint density at radius 1 is 1.20 bits per heavy atom. The van der Waals surface area contributed by atoms with Crippen molar-refractivity contribution in [2.45, 2.75) is 13.5 Å². The lowest BCUT2D eigenvalue weighted by molar-refractivity contribution is 0.0950. The molecule has 4 heteroatoms. The van der Waals surface area contributed by atoms with E-state index in [2.05, 4.69) is 5.32 Å². The van der Waals surface area contributed by atoms with Gasteiger partial charge in [0.25, 0.3) is 5.91 Å². The first-order chi connectivity index (χ1) is 9.60. The van der Waals surface area contributed by atoms with Crippen molar-refractivity contribution < 1.29 is 13.9 Å². The van der Waals surface area contributed by atoms with E-state index in [9.17, 15) is 9.18 Å². The summed E-state index contributed by atoms with van der Waals surface area (Å²) in [5.41, 5.74) is 2.36. The molecule has 0 aromatic heterocycles. The number of hydrogen-bond acceptors (Lipinski definition) is 2. The summed E-state index contributed by atoms with van der Waals surface area (Å²) in [7, 11) is 1.57. The van der Waals surface area contributed by atoms with E-state index in [1.165, 1.54) is 12.1 Å². The van der Waals surface area contributed by atoms with Crippen LogP contribution in [0.2, 0.25) is 0 Å². The lowest BCUT2D eigenvalue weighted by Crippen LogP contribution is -2.22. The van der Waals surface area contributed by atoms with Gasteiger partial charge >= 0.3 is 0 Å². The molecule has 0 radical (unpaired) electrons. The number of methoxy groups -OCH3 is 1. The first-order valence-electron chi connectivity index (χ1n) is 6.27. The maximum atomic E-state index is 12.8. The molecule has 20 heavy (non-hydrogen) atoms. The zero-order valence-electron chi connectivity index (χ0n) is 11.4. The number of nitrogens with one attached hydrogen (secondary N) is 1. The van der Waals surface area contributed by atoms with Gasteiger partial charge in [-0.3, -0.25) is 4.79 Å². The minimum absolute atomic E-state index is 0.187. The van der Waals surface area contributed by atoms with E-state index in [4.69, 9.17) is 4.74 Å². The monoisotopic (exact) mass is 273 g/mol. The summed E-state index contributed by atoms with van der Waals surface area (Å²) in [5, 5.41) is 2.79. The van der Waals surface area contributed by atoms with Crippen LogP contribution in [0.25, 0.3) is 0 Å². The van der Waals surface area contributed by atoms with Gasteiger partial charge in [0.1, 0.15) is 11.6 Å². The molecule has 2 aromatic rings. The number of rotatable bonds is 4. The van der Waals surface area contributed by atoms with Gasteiger partial charge in [-0.05, 0) is 42.3 Å². The fourth-order valence-corrected chi connectivity index (χ4v) is 1.85. The predicted molar refractivity (Wildman–Crippen MR) is 75.3 cm³/mol. The Bertz CT molecular complexity index is 608. The van der Waals surface area contributed by atoms with Gasteiger partial charge in [-0.1, -0.05) is 18.2 Å². The molecule has 0 aliphatic carbocycles. The van der Waals surface area contributed by atoms with Crippen molar-refractivity contribution >= 4 is 5.91 Å². The summed E-state index contributed by atoms with van der Waals surface area (Å²) < 4.78 is 18.0. The lowest BCUT2D eigenvalue weighted by Gasteiger charge is -2.08. The molecule has 2 rings (SSSR count). The van der Waals surface area contributed by atoms with E-state index < -0.39 is 0 Å². The second-order valence-corrected chi connectivity index (χ2v) is 4.49. The van der Waals surface area contributed by atoms with Crippen LogP contribution in [0.4, 0.5) is 4.39 Å². The minimum Gasteiger partial charge on any atom is -0.496 e. The Labute approximate surface area is 117 Å². The first kappa shape index (κ1) is 14.1. The molecule has 0 heterocycles. The molecule has 1 N–H and O–H groups in total. The highest BCUT2D eigenvalue weighted by Gasteiger charge is 2.08. The van der Waals surface area contributed by atoms with E-state index in [-0.39, 0.29) is 11.7 Å². The molecule has 0 aliphatic rings. The molecule has 3 nitrogen and oxygen atoms in total. The predicted octanol–water partition coefficient (Wildman–Crippen LogP) is 3.07. The maximum Gasteiger partial charge on any atom is 0.251 e. The largest absolute Gasteiger partial charge is 0.496 e. The average Bonchev–Trinajstić information content (AvgIpc) is 2.47. The number of amides is 1. The number of halogens is 1. The molecule has 0 atom stereocenters. The molecule has 0 saturated heterocycles. The average molecular weight is 273 g/mol. The highest BCUT2D eigenvalue weighted by Crippen LogP contribution is 2.18. The zero-order chi connectivity index (χ0) is 14.5. The van der Waals surface area contributed by atoms with Crippen molar-refractivity contribution in [3.63, 3.8) is 0 Å². The lowest BCUT2D eigenvalue weighted by atomic mass is 10.1. The van der Waals surface area contributed by atoms with Crippen LogP contribution in [-0.2, 0) is 6.54 Å². The van der Waals surface area contributed by atoms with Crippen molar-refractivity contribution in [2.75, 3.05) is 7.11 Å². The second kappa shape index (κ2) is 6.19. The Balaban J connectivity index is 2.03. The van der Waals surface area contributed by atoms with Crippen LogP contribution in [0, 0.1) is 12.7 Å². The molecule has 0 saturated carbocycles. The molecule has 1 amide bonds. The molecule has 0 bridgehead atoms. The number of carbonyl (C=O) groups is 1. The summed E-state index contributed by atoms with van der Waals surface area (Å²) >= 11 is 0. The molecule has 0 spiro atoms. The van der Waals surface area contributed by atoms with E-state index >= 15 is 0 Å². The molecular formula is C16H16FNO2. The molecular weight excluding hydrogens is 257 g/mol. The highest BCUT2D eigenvalue weighted by molar-refractivity contribution is 5.94. The smallest absolute Gasteiger partial charge is 0.251 e. The van der Waals surface area contributed by atoms with Crippen molar-refractivity contribution in [1.82, 2.24) is 5.32 Å². The van der Waals surface area contributed by atoms with Gasteiger partial charge in [0, 0.05) is 12.1 Å². The van der Waals surface area contributed by atoms with E-state index in [1.807, 2.05) is 13.0 Å². The van der Waals surface area contributed by atoms with Crippen LogP contribution >= 0.6 is 0 Å². The molecule has 0 fully saturated rings. The fraction of sp³-hybridized carbons (Fsp3) is 0.188. The fourth-order valence-electron chi connectivity index (χ4n) is 1.85. The summed E-state index contributed by atoms with van der Waals surface area (Å²) in [6, 6.07) is 11.3. The number of hydrogen-bond donors (Lipinski definition) is 1. The number of ether oxygens (including phenoxy) is 1. The van der Waals surface area contributed by atoms with Crippen molar-refractivity contribution in [1.29, 1.82) is 0 Å². The van der Waals surface area contributed by atoms with E-state index in [1.54, 1.807) is 31.4 Å². The summed E-state index contributed by atoms with van der Waals surface area (Å²) in [6.07, 6.45) is 0. The summed E-state index contributed by atoms with van der Waals surface area (Å²) in [5.74, 6) is 0.204. The van der Waals surface area contributed by atoms with Crippen LogP contribution in [-0.4, -0.2) is 13.0 Å². The Morgan fingerprint density at radius 2 is 1.90 bits per heavy atom. The first-order valence-corrected chi connectivity index (χ1v) is 6.27. The molecule has 104 valence electrons. The SMILES string of the molecule is COc1cc(C(=O)NCc2ccc(F)cc2)ccc1C. The van der Waals surface area contributed by atoms with Crippen molar-refractivity contribution in [3.05, 3.63) is 65.0 Å². The normalized spacial score (nSPS) is 10.2. The zero-order valence-corrected chi connectivity index (χ0v) is 11.4. The van der Waals surface area contributed by atoms with Crippen LogP contribution in [0.3, 0.4) is 0 Å². The van der Waals surface area contributed by atoms with Crippen molar-refractivity contribution in [3.8, 4) is 5.75 Å². The van der Waals surface area contributed by atoms with Gasteiger partial charge in [0.15, 0.2) is 0 Å². The molecule has 0 aliphatic heterocycles. The van der Waals surface area contributed by atoms with Crippen LogP contribution in [0.15, 0.2) is 42.5 Å². The van der Waals surface area contributed by atoms with Gasteiger partial charge in [0.2, 0.25) is 0 Å². The molecule has 2 aromatic carbocycles. The van der Waals surface area contributed by atoms with Gasteiger partial charge in [-0.2, -0.15) is 0 Å². The van der Waals surface area contributed by atoms with Crippen LogP contribution < -0.4 is 10.1 Å². The van der Waals surface area contributed by atoms with E-state index in [0.717, 1.165) is 11.1 Å². The minimum atomic E-state index is -0.289. The van der Waals surface area contributed by atoms with Crippen LogP contribution in [0.5, 0.6) is 5.75 Å². The number of benzene rings is 2. The quantitative estimate of drug-likeness (QED) is 0.929. The van der Waals surface area contributed by atoms with Gasteiger partial charge in [-0.15, -0.1) is 0 Å². The van der Waals surface area contributed by atoms with Crippen LogP contribution in [0.1, 0.15) is 21.5 Å². The topological polar surface area (TPSA) is 38.3 Å². The second-order valence-electron chi connectivity index (χ2n) is 4.49. The van der Waals surface area contributed by atoms with Crippen molar-refractivity contribution in [2.24, 2.45) is 0 Å².